The average Bonchev–Trinajstić information content (AvgIpc) is 3.47. The first kappa shape index (κ1) is 53.1. The predicted octanol–water partition coefficient (Wildman–Crippen LogP) is 7.40. The summed E-state index contributed by atoms with van der Waals surface area (Å²) in [7, 11) is 1.24. The third kappa shape index (κ3) is 8.87. The van der Waals surface area contributed by atoms with Crippen LogP contribution in [-0.4, -0.2) is 118 Å². The van der Waals surface area contributed by atoms with Gasteiger partial charge >= 0.3 is 11.9 Å². The van der Waals surface area contributed by atoms with Gasteiger partial charge in [0, 0.05) is 40.2 Å². The Hall–Kier alpha value is -5.76. The van der Waals surface area contributed by atoms with Crippen molar-refractivity contribution in [3.8, 4) is 23.0 Å². The molecule has 0 radical (unpaired) electrons. The summed E-state index contributed by atoms with van der Waals surface area (Å²) in [4.78, 5) is 71.1. The van der Waals surface area contributed by atoms with Gasteiger partial charge in [-0.25, -0.2) is 9.59 Å². The molecule has 2 aromatic rings. The van der Waals surface area contributed by atoms with E-state index < -0.39 is 118 Å². The standard InChI is InChI=1S/C56H67NO17/c1-28(2)13-12-22-54(10)23-21-34-44(72-54)33(19-14-29(3)4)46-39(45(34)70-50(63)31-15-17-32(18-16-31)68-51-43(60)42(59)47-37(69-51)27-67-53(8,9)71-47)41(58)40-36(26-57(64)65)35-25-38-52(6,7)74-55(48(35)61,56(38,40)73-46)24-20-30(5)49(62)66-11/h13-18,20-21,23,35-38,40,42-43,47,51,59-60H,12,19,22,24-27H2,1-11H3/t35?,36?,37-,38?,40?,42-,43-,47-,51-,54?,55?,56?/m1/s1. The molecule has 7 unspecified atom stereocenters. The van der Waals surface area contributed by atoms with E-state index in [-0.39, 0.29) is 71.1 Å². The van der Waals surface area contributed by atoms with Crippen LogP contribution in [0, 0.1) is 33.8 Å². The second kappa shape index (κ2) is 19.1. The molecule has 2 aromatic carbocycles. The summed E-state index contributed by atoms with van der Waals surface area (Å²) in [5.41, 5.74) is -2.91. The maximum Gasteiger partial charge on any atom is 0.343 e. The van der Waals surface area contributed by atoms with Gasteiger partial charge < -0.3 is 52.8 Å². The van der Waals surface area contributed by atoms with Crippen LogP contribution < -0.4 is 18.9 Å². The van der Waals surface area contributed by atoms with Crippen LogP contribution in [0.15, 0.2) is 65.3 Å². The number of hydrogen-bond acceptors (Lipinski definition) is 17. The highest BCUT2D eigenvalue weighted by Crippen LogP contribution is 2.72. The second-order valence-electron chi connectivity index (χ2n) is 22.4. The number of aliphatic hydroxyl groups excluding tert-OH is 2. The number of carbonyl (C=O) groups is 4. The van der Waals surface area contributed by atoms with E-state index in [1.807, 2.05) is 60.6 Å². The van der Waals surface area contributed by atoms with Crippen molar-refractivity contribution in [2.24, 2.45) is 23.7 Å². The molecular formula is C56H67NO17. The Labute approximate surface area is 430 Å². The van der Waals surface area contributed by atoms with Gasteiger partial charge in [0.2, 0.25) is 12.8 Å². The number of allylic oxidation sites excluding steroid dienone is 4. The van der Waals surface area contributed by atoms with E-state index in [0.717, 1.165) is 11.1 Å². The lowest BCUT2D eigenvalue weighted by molar-refractivity contribution is -0.494. The molecule has 0 aromatic heterocycles. The molecule has 12 atom stereocenters. The van der Waals surface area contributed by atoms with Gasteiger partial charge in [0.15, 0.2) is 34.3 Å². The number of hydrogen-bond donors (Lipinski definition) is 2. The molecule has 5 heterocycles. The SMILES string of the molecule is COC(=O)C(C)=CCC12OC(C)(C)C3CC(C1=O)C(C[N+](=O)[O-])C1C(=O)c4c(OC(=O)c5ccc(O[C@@H]6O[C@@H]7COC(C)(C)O[C@H]7[C@H](O)[C@H]6O)cc5)c5c(c(CC=C(C)C)c4OC132)OC(C)(CCC=C(C)C)C=C5. The van der Waals surface area contributed by atoms with Crippen LogP contribution in [0.1, 0.15) is 127 Å². The van der Waals surface area contributed by atoms with Gasteiger partial charge in [-0.15, -0.1) is 0 Å². The monoisotopic (exact) mass is 1030 g/mol. The Morgan fingerprint density at radius 1 is 0.932 bits per heavy atom. The number of aliphatic hydroxyl groups is 2. The highest BCUT2D eigenvalue weighted by molar-refractivity contribution is 6.11. The van der Waals surface area contributed by atoms with Crippen molar-refractivity contribution in [3.05, 3.63) is 97.7 Å². The minimum Gasteiger partial charge on any atom is -0.482 e. The van der Waals surface area contributed by atoms with Crippen LogP contribution in [-0.2, 0) is 39.7 Å². The summed E-state index contributed by atoms with van der Waals surface area (Å²) in [5, 5.41) is 34.6. The first-order valence-corrected chi connectivity index (χ1v) is 25.3. The smallest absolute Gasteiger partial charge is 0.343 e. The number of nitrogens with zero attached hydrogens (tertiary/aromatic N) is 1. The third-order valence-corrected chi connectivity index (χ3v) is 15.9. The molecule has 18 nitrogen and oxygen atoms in total. The zero-order chi connectivity index (χ0) is 53.6. The van der Waals surface area contributed by atoms with Crippen molar-refractivity contribution < 1.29 is 76.9 Å². The van der Waals surface area contributed by atoms with Gasteiger partial charge in [0.1, 0.15) is 52.8 Å². The number of carbonyl (C=O) groups excluding carboxylic acids is 4. The number of Topliss-reactive ketones (excluding diaryl/α,β-unsaturated/α-hetero) is 2. The topological polar surface area (TPSA) is 235 Å². The van der Waals surface area contributed by atoms with Crippen molar-refractivity contribution in [1.29, 1.82) is 0 Å². The molecule has 3 saturated heterocycles. The molecule has 18 heteroatoms. The molecule has 74 heavy (non-hydrogen) atoms. The van der Waals surface area contributed by atoms with E-state index in [9.17, 15) is 29.9 Å². The van der Waals surface area contributed by atoms with Crippen LogP contribution in [0.25, 0.3) is 6.08 Å². The molecule has 10 rings (SSSR count). The van der Waals surface area contributed by atoms with Crippen LogP contribution in [0.2, 0.25) is 0 Å². The molecular weight excluding hydrogens is 959 g/mol. The van der Waals surface area contributed by atoms with E-state index in [1.54, 1.807) is 26.8 Å². The van der Waals surface area contributed by atoms with E-state index in [4.69, 9.17) is 42.6 Å². The van der Waals surface area contributed by atoms with E-state index in [2.05, 4.69) is 6.08 Å². The molecule has 2 N–H and O–H groups in total. The van der Waals surface area contributed by atoms with Crippen LogP contribution in [0.4, 0.5) is 0 Å². The maximum atomic E-state index is 16.2. The molecule has 0 amide bonds. The molecule has 6 fully saturated rings. The quantitative estimate of drug-likeness (QED) is 0.0468. The Kier molecular flexibility index (Phi) is 13.7. The number of benzene rings is 2. The Balaban J connectivity index is 1.18. The van der Waals surface area contributed by atoms with Gasteiger partial charge in [-0.3, -0.25) is 19.7 Å². The summed E-state index contributed by atoms with van der Waals surface area (Å²) in [6.45, 7) is 17.7. The largest absolute Gasteiger partial charge is 0.482 e. The zero-order valence-corrected chi connectivity index (χ0v) is 43.8. The summed E-state index contributed by atoms with van der Waals surface area (Å²) < 4.78 is 56.4. The highest BCUT2D eigenvalue weighted by Gasteiger charge is 2.86. The lowest BCUT2D eigenvalue weighted by Crippen LogP contribution is -2.79. The van der Waals surface area contributed by atoms with E-state index >= 15 is 9.59 Å². The fraction of sp³-hybridized carbons (Fsp3) is 0.571. The predicted molar refractivity (Wildman–Crippen MR) is 265 cm³/mol. The lowest BCUT2D eigenvalue weighted by Gasteiger charge is -2.62. The molecule has 1 spiro atoms. The minimum absolute atomic E-state index is 0.00105. The molecule has 3 saturated carbocycles. The van der Waals surface area contributed by atoms with Gasteiger partial charge in [-0.2, -0.15) is 0 Å². The van der Waals surface area contributed by atoms with Crippen molar-refractivity contribution in [1.82, 2.24) is 0 Å². The van der Waals surface area contributed by atoms with Gasteiger partial charge in [0.05, 0.1) is 36.4 Å². The maximum absolute atomic E-state index is 16.2. The van der Waals surface area contributed by atoms with Crippen molar-refractivity contribution >= 4 is 29.6 Å². The minimum atomic E-state index is -1.90. The van der Waals surface area contributed by atoms with Crippen molar-refractivity contribution in [2.45, 2.75) is 160 Å². The first-order chi connectivity index (χ1) is 34.8. The first-order valence-electron chi connectivity index (χ1n) is 25.3. The Morgan fingerprint density at radius 2 is 1.64 bits per heavy atom. The van der Waals surface area contributed by atoms with Crippen LogP contribution in [0.5, 0.6) is 23.0 Å². The lowest BCUT2D eigenvalue weighted by atomic mass is 9.43. The average molecular weight is 1030 g/mol. The number of esters is 2. The number of ether oxygens (including phenoxy) is 9. The normalized spacial score (nSPS) is 33.6. The summed E-state index contributed by atoms with van der Waals surface area (Å²) in [6, 6.07) is 5.76. The highest BCUT2D eigenvalue weighted by atomic mass is 16.8. The van der Waals surface area contributed by atoms with Crippen LogP contribution >= 0.6 is 0 Å². The van der Waals surface area contributed by atoms with E-state index in [0.29, 0.717) is 18.4 Å². The Bertz CT molecular complexity index is 2780. The van der Waals surface area contributed by atoms with Gasteiger partial charge in [-0.05, 0) is 131 Å². The van der Waals surface area contributed by atoms with Crippen molar-refractivity contribution in [3.63, 3.8) is 0 Å². The summed E-state index contributed by atoms with van der Waals surface area (Å²) in [6.07, 6.45) is 4.74. The molecule has 398 valence electrons. The summed E-state index contributed by atoms with van der Waals surface area (Å²) in [5.74, 6) is -7.50. The number of rotatable bonds is 14. The fourth-order valence-electron chi connectivity index (χ4n) is 12.5. The van der Waals surface area contributed by atoms with E-state index in [1.165, 1.54) is 37.5 Å². The third-order valence-electron chi connectivity index (χ3n) is 15.9. The Morgan fingerprint density at radius 3 is 2.30 bits per heavy atom. The zero-order valence-electron chi connectivity index (χ0n) is 43.8. The van der Waals surface area contributed by atoms with Gasteiger partial charge in [0.25, 0.3) is 0 Å². The molecule has 4 bridgehead atoms. The summed E-state index contributed by atoms with van der Waals surface area (Å²) >= 11 is 0. The number of ketones is 2. The van der Waals surface area contributed by atoms with Gasteiger partial charge in [-0.1, -0.05) is 29.4 Å². The number of methoxy groups -OCH3 is 1. The molecule has 3 aliphatic carbocycles. The van der Waals surface area contributed by atoms with Crippen LogP contribution in [0.3, 0.4) is 0 Å². The molecule has 8 aliphatic rings. The molecule has 5 aliphatic heterocycles. The number of nitro groups is 1. The van der Waals surface area contributed by atoms with Crippen molar-refractivity contribution in [2.75, 3.05) is 20.3 Å². The fourth-order valence-corrected chi connectivity index (χ4v) is 12.5. The number of fused-ring (bicyclic) bond motifs is 3. The second-order valence-corrected chi connectivity index (χ2v) is 22.4.